The van der Waals surface area contributed by atoms with Crippen LogP contribution in [0.15, 0.2) is 24.3 Å². The molecule has 1 aromatic rings. The lowest BCUT2D eigenvalue weighted by Gasteiger charge is -2.46. The minimum Gasteiger partial charge on any atom is -0.336 e. The zero-order valence-electron chi connectivity index (χ0n) is 12.8. The van der Waals surface area contributed by atoms with Gasteiger partial charge in [-0.05, 0) is 36.5 Å². The van der Waals surface area contributed by atoms with E-state index in [1.807, 2.05) is 0 Å². The van der Waals surface area contributed by atoms with E-state index >= 15 is 0 Å². The number of rotatable bonds is 4. The molecule has 6 heteroatoms. The zero-order valence-corrected chi connectivity index (χ0v) is 12.8. The van der Waals surface area contributed by atoms with E-state index in [1.165, 1.54) is 30.0 Å². The largest absolute Gasteiger partial charge is 0.336 e. The Hall–Kier alpha value is -1.95. The lowest BCUT2D eigenvalue weighted by atomic mass is 9.90. The summed E-state index contributed by atoms with van der Waals surface area (Å²) in [5.41, 5.74) is 0.138. The second kappa shape index (κ2) is 5.30. The Labute approximate surface area is 134 Å². The highest BCUT2D eigenvalue weighted by Crippen LogP contribution is 2.39. The Kier molecular flexibility index (Phi) is 3.37. The van der Waals surface area contributed by atoms with Gasteiger partial charge in [-0.2, -0.15) is 0 Å². The molecule has 1 aliphatic carbocycles. The molecular weight excluding hydrogens is 299 g/mol. The predicted octanol–water partition coefficient (Wildman–Crippen LogP) is 1.52. The molecular formula is C17H19FN2O3. The third-order valence-electron chi connectivity index (χ3n) is 4.73. The Morgan fingerprint density at radius 1 is 1.35 bits per heavy atom. The molecule has 2 amide bonds. The first-order valence-electron chi connectivity index (χ1n) is 8.05. The van der Waals surface area contributed by atoms with Crippen LogP contribution in [0.3, 0.4) is 0 Å². The number of hydroxylamine groups is 2. The number of amides is 2. The third-order valence-corrected chi connectivity index (χ3v) is 4.73. The van der Waals surface area contributed by atoms with E-state index in [0.717, 1.165) is 0 Å². The van der Waals surface area contributed by atoms with E-state index in [1.54, 1.807) is 17.0 Å². The number of carbonyl (C=O) groups excluding carboxylic acids is 2. The van der Waals surface area contributed by atoms with E-state index in [-0.39, 0.29) is 24.1 Å². The van der Waals surface area contributed by atoms with Crippen LogP contribution in [0, 0.1) is 11.7 Å². The van der Waals surface area contributed by atoms with Crippen LogP contribution in [-0.4, -0.2) is 47.0 Å². The van der Waals surface area contributed by atoms with E-state index in [4.69, 9.17) is 4.84 Å². The first-order chi connectivity index (χ1) is 11.0. The molecule has 2 heterocycles. The Bertz CT molecular complexity index is 653. The van der Waals surface area contributed by atoms with Gasteiger partial charge in [0, 0.05) is 0 Å². The molecule has 1 spiro atoms. The molecule has 0 unspecified atom stereocenters. The van der Waals surface area contributed by atoms with Crippen molar-refractivity contribution in [2.24, 2.45) is 5.92 Å². The molecule has 1 aromatic carbocycles. The van der Waals surface area contributed by atoms with Gasteiger partial charge in [0.15, 0.2) is 0 Å². The summed E-state index contributed by atoms with van der Waals surface area (Å²) in [5, 5.41) is 1.49. The van der Waals surface area contributed by atoms with E-state index in [0.29, 0.717) is 37.5 Å². The second-order valence-electron chi connectivity index (χ2n) is 6.91. The minimum atomic E-state index is -0.524. The van der Waals surface area contributed by atoms with E-state index in [9.17, 15) is 14.0 Å². The van der Waals surface area contributed by atoms with Crippen molar-refractivity contribution in [3.05, 3.63) is 35.6 Å². The summed E-state index contributed by atoms with van der Waals surface area (Å²) in [7, 11) is 0. The SMILES string of the molecule is O=C(Cc1cccc(F)c1)N1CC2(CC(=O)N(CC3CC3)O2)C1. The van der Waals surface area contributed by atoms with Crippen molar-refractivity contribution in [1.82, 2.24) is 9.96 Å². The van der Waals surface area contributed by atoms with Crippen molar-refractivity contribution in [3.63, 3.8) is 0 Å². The Balaban J connectivity index is 1.32. The van der Waals surface area contributed by atoms with Crippen LogP contribution < -0.4 is 0 Å². The molecule has 0 N–H and O–H groups in total. The van der Waals surface area contributed by atoms with Gasteiger partial charge in [-0.1, -0.05) is 12.1 Å². The quantitative estimate of drug-likeness (QED) is 0.846. The monoisotopic (exact) mass is 318 g/mol. The van der Waals surface area contributed by atoms with E-state index < -0.39 is 5.60 Å². The van der Waals surface area contributed by atoms with Crippen molar-refractivity contribution >= 4 is 11.8 Å². The lowest BCUT2D eigenvalue weighted by Crippen LogP contribution is -2.64. The summed E-state index contributed by atoms with van der Waals surface area (Å²) < 4.78 is 13.2. The topological polar surface area (TPSA) is 49.9 Å². The number of hydrogen-bond acceptors (Lipinski definition) is 3. The van der Waals surface area contributed by atoms with Gasteiger partial charge < -0.3 is 4.90 Å². The Morgan fingerprint density at radius 2 is 2.13 bits per heavy atom. The van der Waals surface area contributed by atoms with Crippen LogP contribution in [0.25, 0.3) is 0 Å². The first-order valence-corrected chi connectivity index (χ1v) is 8.05. The first kappa shape index (κ1) is 14.6. The van der Waals surface area contributed by atoms with Gasteiger partial charge in [-0.25, -0.2) is 9.45 Å². The summed E-state index contributed by atoms with van der Waals surface area (Å²) in [6, 6.07) is 6.08. The molecule has 5 nitrogen and oxygen atoms in total. The molecule has 0 radical (unpaired) electrons. The zero-order chi connectivity index (χ0) is 16.0. The lowest BCUT2D eigenvalue weighted by molar-refractivity contribution is -0.235. The number of nitrogens with zero attached hydrogens (tertiary/aromatic N) is 2. The standard InChI is InChI=1S/C17H19FN2O3/c18-14-3-1-2-13(6-14)7-15(21)19-10-17(11-19)8-16(22)20(23-17)9-12-4-5-12/h1-3,6,12H,4-5,7-11H2. The maximum Gasteiger partial charge on any atom is 0.249 e. The smallest absolute Gasteiger partial charge is 0.249 e. The fourth-order valence-electron chi connectivity index (χ4n) is 3.28. The van der Waals surface area contributed by atoms with Gasteiger partial charge in [-0.3, -0.25) is 14.4 Å². The molecule has 2 saturated heterocycles. The minimum absolute atomic E-state index is 0.0223. The molecule has 0 atom stereocenters. The number of halogens is 1. The van der Waals surface area contributed by atoms with Crippen molar-refractivity contribution in [1.29, 1.82) is 0 Å². The highest BCUT2D eigenvalue weighted by atomic mass is 19.1. The van der Waals surface area contributed by atoms with Gasteiger partial charge in [-0.15, -0.1) is 0 Å². The average Bonchev–Trinajstić information content (AvgIpc) is 3.20. The van der Waals surface area contributed by atoms with Crippen molar-refractivity contribution in [2.45, 2.75) is 31.3 Å². The summed E-state index contributed by atoms with van der Waals surface area (Å²) >= 11 is 0. The highest BCUT2D eigenvalue weighted by Gasteiger charge is 2.55. The van der Waals surface area contributed by atoms with Gasteiger partial charge in [0.05, 0.1) is 32.5 Å². The molecule has 0 bridgehead atoms. The van der Waals surface area contributed by atoms with Crippen molar-refractivity contribution in [3.8, 4) is 0 Å². The fraction of sp³-hybridized carbons (Fsp3) is 0.529. The number of likely N-dealkylation sites (tertiary alicyclic amines) is 1. The molecule has 23 heavy (non-hydrogen) atoms. The van der Waals surface area contributed by atoms with Gasteiger partial charge in [0.1, 0.15) is 11.4 Å². The average molecular weight is 318 g/mol. The predicted molar refractivity (Wildman–Crippen MR) is 79.6 cm³/mol. The van der Waals surface area contributed by atoms with Crippen LogP contribution in [-0.2, 0) is 20.8 Å². The van der Waals surface area contributed by atoms with E-state index in [2.05, 4.69) is 0 Å². The molecule has 4 rings (SSSR count). The summed E-state index contributed by atoms with van der Waals surface area (Å²) in [6.45, 7) is 1.56. The molecule has 122 valence electrons. The number of benzene rings is 1. The number of hydrogen-bond donors (Lipinski definition) is 0. The maximum atomic E-state index is 13.2. The highest BCUT2D eigenvalue weighted by molar-refractivity contribution is 5.82. The third kappa shape index (κ3) is 2.95. The summed E-state index contributed by atoms with van der Waals surface area (Å²) in [4.78, 5) is 31.8. The molecule has 1 saturated carbocycles. The molecule has 3 fully saturated rings. The van der Waals surface area contributed by atoms with Crippen molar-refractivity contribution < 1.29 is 18.8 Å². The normalized spacial score (nSPS) is 22.6. The van der Waals surface area contributed by atoms with Gasteiger partial charge in [0.2, 0.25) is 11.8 Å². The fourth-order valence-corrected chi connectivity index (χ4v) is 3.28. The summed E-state index contributed by atoms with van der Waals surface area (Å²) in [6.07, 6.45) is 2.85. The Morgan fingerprint density at radius 3 is 2.83 bits per heavy atom. The number of carbonyl (C=O) groups is 2. The molecule has 2 aliphatic heterocycles. The van der Waals surface area contributed by atoms with Crippen molar-refractivity contribution in [2.75, 3.05) is 19.6 Å². The molecule has 0 aromatic heterocycles. The van der Waals surface area contributed by atoms with Crippen LogP contribution in [0.4, 0.5) is 4.39 Å². The maximum absolute atomic E-state index is 13.2. The van der Waals surface area contributed by atoms with Crippen LogP contribution in [0.1, 0.15) is 24.8 Å². The summed E-state index contributed by atoms with van der Waals surface area (Å²) in [5.74, 6) is 0.211. The van der Waals surface area contributed by atoms with Gasteiger partial charge >= 0.3 is 0 Å². The van der Waals surface area contributed by atoms with Crippen LogP contribution >= 0.6 is 0 Å². The van der Waals surface area contributed by atoms with Crippen LogP contribution in [0.2, 0.25) is 0 Å². The van der Waals surface area contributed by atoms with Gasteiger partial charge in [0.25, 0.3) is 0 Å². The second-order valence-corrected chi connectivity index (χ2v) is 6.91. The van der Waals surface area contributed by atoms with Crippen LogP contribution in [0.5, 0.6) is 0 Å². The molecule has 3 aliphatic rings.